The van der Waals surface area contributed by atoms with Gasteiger partial charge in [-0.1, -0.05) is 19.1 Å². The number of carbonyl (C=O) groups is 2. The molecule has 0 spiro atoms. The van der Waals surface area contributed by atoms with E-state index in [4.69, 9.17) is 9.47 Å². The van der Waals surface area contributed by atoms with Crippen LogP contribution in [0.5, 0.6) is 11.5 Å². The molecule has 0 unspecified atom stereocenters. The number of ether oxygens (including phenoxy) is 2. The van der Waals surface area contributed by atoms with Crippen molar-refractivity contribution < 1.29 is 24.2 Å². The number of amides is 1. The van der Waals surface area contributed by atoms with Gasteiger partial charge in [0.2, 0.25) is 0 Å². The molecule has 2 aromatic carbocycles. The number of carboxylic acids is 1. The van der Waals surface area contributed by atoms with E-state index in [1.54, 1.807) is 48.5 Å². The van der Waals surface area contributed by atoms with Gasteiger partial charge in [0, 0.05) is 18.0 Å². The molecule has 1 amide bonds. The Morgan fingerprint density at radius 1 is 0.963 bits per heavy atom. The van der Waals surface area contributed by atoms with E-state index in [-0.39, 0.29) is 12.3 Å². The summed E-state index contributed by atoms with van der Waals surface area (Å²) in [5, 5.41) is 13.9. The summed E-state index contributed by atoms with van der Waals surface area (Å²) < 4.78 is 10.9. The third-order valence-electron chi connectivity index (χ3n) is 3.86. The first-order chi connectivity index (χ1) is 13.0. The van der Waals surface area contributed by atoms with Gasteiger partial charge in [0.1, 0.15) is 11.5 Å². The summed E-state index contributed by atoms with van der Waals surface area (Å²) in [6.45, 7) is 5.04. The highest BCUT2D eigenvalue weighted by Crippen LogP contribution is 2.21. The van der Waals surface area contributed by atoms with Gasteiger partial charge < -0.3 is 24.7 Å². The molecular weight excluding hydrogens is 346 g/mol. The second kappa shape index (κ2) is 10.2. The molecule has 0 saturated heterocycles. The molecule has 144 valence electrons. The number of aliphatic carboxylic acids is 1. The molecule has 2 rings (SSSR count). The van der Waals surface area contributed by atoms with Gasteiger partial charge in [-0.3, -0.25) is 4.79 Å². The van der Waals surface area contributed by atoms with E-state index >= 15 is 0 Å². The predicted molar refractivity (Wildman–Crippen MR) is 99.7 cm³/mol. The molecule has 0 heterocycles. The largest absolute Gasteiger partial charge is 0.550 e. The molecule has 1 atom stereocenters. The van der Waals surface area contributed by atoms with E-state index in [0.29, 0.717) is 35.8 Å². The van der Waals surface area contributed by atoms with Crippen LogP contribution in [0.2, 0.25) is 0 Å². The van der Waals surface area contributed by atoms with Gasteiger partial charge in [-0.05, 0) is 55.3 Å². The molecule has 6 heteroatoms. The van der Waals surface area contributed by atoms with Crippen LogP contribution in [0.15, 0.2) is 48.5 Å². The number of nitrogens with one attached hydrogen (secondary N) is 1. The van der Waals surface area contributed by atoms with Crippen LogP contribution in [-0.2, 0) is 4.79 Å². The van der Waals surface area contributed by atoms with Crippen LogP contribution in [-0.4, -0.2) is 25.1 Å². The first kappa shape index (κ1) is 20.3. The van der Waals surface area contributed by atoms with Gasteiger partial charge in [-0.2, -0.15) is 0 Å². The van der Waals surface area contributed by atoms with E-state index in [9.17, 15) is 14.7 Å². The smallest absolute Gasteiger partial charge is 0.251 e. The van der Waals surface area contributed by atoms with Crippen molar-refractivity contribution in [2.75, 3.05) is 13.2 Å². The van der Waals surface area contributed by atoms with Crippen molar-refractivity contribution in [3.63, 3.8) is 0 Å². The van der Waals surface area contributed by atoms with Crippen molar-refractivity contribution >= 4 is 11.9 Å². The maximum Gasteiger partial charge on any atom is 0.251 e. The average Bonchev–Trinajstić information content (AvgIpc) is 2.66. The van der Waals surface area contributed by atoms with Crippen LogP contribution >= 0.6 is 0 Å². The third kappa shape index (κ3) is 6.33. The maximum atomic E-state index is 12.5. The van der Waals surface area contributed by atoms with Crippen molar-refractivity contribution in [1.29, 1.82) is 0 Å². The normalized spacial score (nSPS) is 11.5. The number of hydrogen-bond acceptors (Lipinski definition) is 5. The van der Waals surface area contributed by atoms with Crippen LogP contribution in [0.4, 0.5) is 0 Å². The summed E-state index contributed by atoms with van der Waals surface area (Å²) in [5.74, 6) is -0.234. The molecule has 27 heavy (non-hydrogen) atoms. The van der Waals surface area contributed by atoms with Gasteiger partial charge in [0.05, 0.1) is 19.3 Å². The van der Waals surface area contributed by atoms with Crippen molar-refractivity contribution in [3.8, 4) is 11.5 Å². The van der Waals surface area contributed by atoms with Crippen molar-refractivity contribution in [2.45, 2.75) is 32.7 Å². The monoisotopic (exact) mass is 370 g/mol. The fraction of sp³-hybridized carbons (Fsp3) is 0.333. The molecule has 0 aliphatic heterocycles. The second-order valence-corrected chi connectivity index (χ2v) is 5.98. The van der Waals surface area contributed by atoms with Gasteiger partial charge >= 0.3 is 0 Å². The first-order valence-corrected chi connectivity index (χ1v) is 8.99. The fourth-order valence-corrected chi connectivity index (χ4v) is 2.55. The lowest BCUT2D eigenvalue weighted by atomic mass is 10.0. The fourth-order valence-electron chi connectivity index (χ4n) is 2.55. The third-order valence-corrected chi connectivity index (χ3v) is 3.86. The summed E-state index contributed by atoms with van der Waals surface area (Å²) in [6.07, 6.45) is 0.575. The Hall–Kier alpha value is -3.02. The lowest BCUT2D eigenvalue weighted by Crippen LogP contribution is -2.34. The zero-order chi connectivity index (χ0) is 19.6. The Labute approximate surface area is 159 Å². The minimum Gasteiger partial charge on any atom is -0.550 e. The summed E-state index contributed by atoms with van der Waals surface area (Å²) in [6, 6.07) is 13.0. The summed E-state index contributed by atoms with van der Waals surface area (Å²) >= 11 is 0. The Bertz CT molecular complexity index is 740. The maximum absolute atomic E-state index is 12.5. The van der Waals surface area contributed by atoms with Crippen LogP contribution in [0, 0.1) is 0 Å². The highest BCUT2D eigenvalue weighted by atomic mass is 16.5. The zero-order valence-corrected chi connectivity index (χ0v) is 15.6. The van der Waals surface area contributed by atoms with Gasteiger partial charge in [-0.15, -0.1) is 0 Å². The summed E-state index contributed by atoms with van der Waals surface area (Å²) in [4.78, 5) is 23.6. The highest BCUT2D eigenvalue weighted by Gasteiger charge is 2.16. The molecule has 1 N–H and O–H groups in total. The van der Waals surface area contributed by atoms with Crippen LogP contribution in [0.25, 0.3) is 0 Å². The molecular formula is C21H24NO5-. The predicted octanol–water partition coefficient (Wildman–Crippen LogP) is 2.49. The molecule has 0 aliphatic carbocycles. The van der Waals surface area contributed by atoms with Gasteiger partial charge in [0.25, 0.3) is 5.91 Å². The van der Waals surface area contributed by atoms with E-state index in [1.807, 2.05) is 13.8 Å². The molecule has 2 aromatic rings. The van der Waals surface area contributed by atoms with Crippen LogP contribution in [0.3, 0.4) is 0 Å². The number of carbonyl (C=O) groups excluding carboxylic acids is 2. The Morgan fingerprint density at radius 3 is 2.11 bits per heavy atom. The van der Waals surface area contributed by atoms with Crippen LogP contribution in [0.1, 0.15) is 48.7 Å². The Morgan fingerprint density at radius 2 is 1.56 bits per heavy atom. The minimum absolute atomic E-state index is 0.321. The number of hydrogen-bond donors (Lipinski definition) is 1. The van der Waals surface area contributed by atoms with Crippen LogP contribution < -0.4 is 19.9 Å². The molecule has 0 radical (unpaired) electrons. The highest BCUT2D eigenvalue weighted by molar-refractivity contribution is 5.94. The quantitative estimate of drug-likeness (QED) is 0.694. The van der Waals surface area contributed by atoms with Gasteiger partial charge in [-0.25, -0.2) is 0 Å². The average molecular weight is 370 g/mol. The molecule has 0 saturated carbocycles. The lowest BCUT2D eigenvalue weighted by Gasteiger charge is -2.20. The number of benzene rings is 2. The van der Waals surface area contributed by atoms with Crippen molar-refractivity contribution in [1.82, 2.24) is 5.32 Å². The standard InChI is InChI=1S/C21H25NO5/c1-3-13-27-18-9-5-15(6-10-18)19(14-20(23)24)22-21(25)16-7-11-17(12-8-16)26-4-2/h5-12,19H,3-4,13-14H2,1-2H3,(H,22,25)(H,23,24)/p-1/t19-/m0/s1. The molecule has 0 fully saturated rings. The topological polar surface area (TPSA) is 87.7 Å². The summed E-state index contributed by atoms with van der Waals surface area (Å²) in [5.41, 5.74) is 1.09. The number of carboxylic acid groups (broad SMARTS) is 1. The van der Waals surface area contributed by atoms with E-state index < -0.39 is 12.0 Å². The SMILES string of the molecule is CCCOc1ccc([C@H](CC(=O)[O-])NC(=O)c2ccc(OCC)cc2)cc1. The number of rotatable bonds is 10. The summed E-state index contributed by atoms with van der Waals surface area (Å²) in [7, 11) is 0. The molecule has 6 nitrogen and oxygen atoms in total. The van der Waals surface area contributed by atoms with Crippen molar-refractivity contribution in [3.05, 3.63) is 59.7 Å². The van der Waals surface area contributed by atoms with Gasteiger partial charge in [0.15, 0.2) is 0 Å². The zero-order valence-electron chi connectivity index (χ0n) is 15.6. The Kier molecular flexibility index (Phi) is 7.67. The van der Waals surface area contributed by atoms with Crippen molar-refractivity contribution in [2.24, 2.45) is 0 Å². The molecule has 0 aliphatic rings. The van der Waals surface area contributed by atoms with E-state index in [0.717, 1.165) is 6.42 Å². The second-order valence-electron chi connectivity index (χ2n) is 5.98. The molecule has 0 aromatic heterocycles. The molecule has 0 bridgehead atoms. The van der Waals surface area contributed by atoms with E-state index in [1.165, 1.54) is 0 Å². The minimum atomic E-state index is -1.24. The van der Waals surface area contributed by atoms with E-state index in [2.05, 4.69) is 5.32 Å². The first-order valence-electron chi connectivity index (χ1n) is 8.99. The Balaban J connectivity index is 2.11. The lowest BCUT2D eigenvalue weighted by molar-refractivity contribution is -0.306.